The van der Waals surface area contributed by atoms with Crippen LogP contribution in [0.1, 0.15) is 31.1 Å². The van der Waals surface area contributed by atoms with E-state index in [2.05, 4.69) is 31.4 Å². The van der Waals surface area contributed by atoms with Gasteiger partial charge < -0.3 is 18.6 Å². The number of nitrogens with one attached hydrogen (secondary N) is 1. The van der Waals surface area contributed by atoms with Gasteiger partial charge in [0.15, 0.2) is 11.5 Å². The molecular weight excluding hydrogens is 454 g/mol. The van der Waals surface area contributed by atoms with Gasteiger partial charge in [-0.3, -0.25) is 10.1 Å². The number of amides is 1. The molecule has 1 aromatic heterocycles. The predicted octanol–water partition coefficient (Wildman–Crippen LogP) is 4.95. The lowest BCUT2D eigenvalue weighted by molar-refractivity contribution is 0.102. The van der Waals surface area contributed by atoms with E-state index in [-0.39, 0.29) is 6.01 Å². The number of halogens is 1. The summed E-state index contributed by atoms with van der Waals surface area (Å²) in [4.78, 5) is 12.8. The smallest absolute Gasteiger partial charge is 0.322 e. The van der Waals surface area contributed by atoms with Crippen LogP contribution in [0.25, 0.3) is 11.5 Å². The Morgan fingerprint density at radius 1 is 0.967 bits per heavy atom. The summed E-state index contributed by atoms with van der Waals surface area (Å²) in [5.41, 5.74) is 1.05. The Morgan fingerprint density at radius 2 is 1.57 bits per heavy atom. The molecule has 0 saturated carbocycles. The van der Waals surface area contributed by atoms with E-state index >= 15 is 0 Å². The van der Waals surface area contributed by atoms with Gasteiger partial charge >= 0.3 is 6.01 Å². The van der Waals surface area contributed by atoms with E-state index in [4.69, 9.17) is 18.6 Å². The lowest BCUT2D eigenvalue weighted by Gasteiger charge is -2.16. The average molecular weight is 476 g/mol. The zero-order valence-electron chi connectivity index (χ0n) is 16.9. The van der Waals surface area contributed by atoms with Gasteiger partial charge in [0.25, 0.3) is 5.91 Å². The Labute approximate surface area is 182 Å². The molecule has 0 unspecified atom stereocenters. The zero-order valence-corrected chi connectivity index (χ0v) is 18.5. The molecule has 1 heterocycles. The van der Waals surface area contributed by atoms with E-state index in [0.29, 0.717) is 48.5 Å². The number of hydrogen-bond donors (Lipinski definition) is 1. The Kier molecular flexibility index (Phi) is 7.29. The molecule has 0 bridgehead atoms. The molecule has 158 valence electrons. The summed E-state index contributed by atoms with van der Waals surface area (Å²) >= 11 is 3.38. The maximum Gasteiger partial charge on any atom is 0.322 e. The monoisotopic (exact) mass is 475 g/mol. The first-order valence-electron chi connectivity index (χ1n) is 9.52. The molecular formula is C21H22BrN3O5. The largest absolute Gasteiger partial charge is 0.490 e. The summed E-state index contributed by atoms with van der Waals surface area (Å²) in [7, 11) is 0. The topological polar surface area (TPSA) is 95.7 Å². The maximum atomic E-state index is 12.8. The molecule has 0 saturated heterocycles. The Morgan fingerprint density at radius 3 is 2.13 bits per heavy atom. The quantitative estimate of drug-likeness (QED) is 0.467. The Balaban J connectivity index is 1.85. The second-order valence-electron chi connectivity index (χ2n) is 5.97. The van der Waals surface area contributed by atoms with E-state index in [9.17, 15) is 4.79 Å². The molecule has 9 heteroatoms. The van der Waals surface area contributed by atoms with Crippen LogP contribution in [0.4, 0.5) is 6.01 Å². The second-order valence-corrected chi connectivity index (χ2v) is 6.89. The van der Waals surface area contributed by atoms with Gasteiger partial charge in [0, 0.05) is 15.6 Å². The van der Waals surface area contributed by atoms with Gasteiger partial charge in [0.05, 0.1) is 19.8 Å². The lowest BCUT2D eigenvalue weighted by Crippen LogP contribution is -2.13. The molecule has 0 fully saturated rings. The Hall–Kier alpha value is -3.07. The molecule has 0 atom stereocenters. The standard InChI is InChI=1S/C21H22BrN3O5/c1-4-27-16-11-14(12-17(28-5-2)18(16)29-6-3)19(26)23-21-25-24-20(30-21)13-7-9-15(22)10-8-13/h7-12H,4-6H2,1-3H3,(H,23,25,26). The third-order valence-corrected chi connectivity index (χ3v) is 4.44. The van der Waals surface area contributed by atoms with Crippen molar-refractivity contribution in [3.8, 4) is 28.7 Å². The van der Waals surface area contributed by atoms with Crippen molar-refractivity contribution in [2.24, 2.45) is 0 Å². The fourth-order valence-electron chi connectivity index (χ4n) is 2.67. The zero-order chi connectivity index (χ0) is 21.5. The van der Waals surface area contributed by atoms with Crippen LogP contribution in [0.15, 0.2) is 45.3 Å². The van der Waals surface area contributed by atoms with Crippen LogP contribution in [0.3, 0.4) is 0 Å². The van der Waals surface area contributed by atoms with Gasteiger partial charge in [-0.15, -0.1) is 5.10 Å². The van der Waals surface area contributed by atoms with E-state index < -0.39 is 5.91 Å². The Bertz CT molecular complexity index is 977. The van der Waals surface area contributed by atoms with Crippen molar-refractivity contribution >= 4 is 27.9 Å². The number of benzene rings is 2. The summed E-state index contributed by atoms with van der Waals surface area (Å²) in [5.74, 6) is 1.18. The van der Waals surface area contributed by atoms with Gasteiger partial charge in [0.1, 0.15) is 0 Å². The van der Waals surface area contributed by atoms with Crippen molar-refractivity contribution in [2.75, 3.05) is 25.1 Å². The molecule has 30 heavy (non-hydrogen) atoms. The SMILES string of the molecule is CCOc1cc(C(=O)Nc2nnc(-c3ccc(Br)cc3)o2)cc(OCC)c1OCC. The van der Waals surface area contributed by atoms with Crippen LogP contribution >= 0.6 is 15.9 Å². The van der Waals surface area contributed by atoms with Crippen molar-refractivity contribution < 1.29 is 23.4 Å². The summed E-state index contributed by atoms with van der Waals surface area (Å²) in [6.45, 7) is 6.83. The normalized spacial score (nSPS) is 10.5. The van der Waals surface area contributed by atoms with E-state index in [1.165, 1.54) is 0 Å². The first-order valence-corrected chi connectivity index (χ1v) is 10.3. The van der Waals surface area contributed by atoms with Gasteiger partial charge in [-0.05, 0) is 57.2 Å². The van der Waals surface area contributed by atoms with Crippen molar-refractivity contribution in [2.45, 2.75) is 20.8 Å². The fraction of sp³-hybridized carbons (Fsp3) is 0.286. The summed E-state index contributed by atoms with van der Waals surface area (Å²) in [5, 5.41) is 10.5. The number of ether oxygens (including phenoxy) is 3. The molecule has 0 aliphatic heterocycles. The van der Waals surface area contributed by atoms with Crippen LogP contribution in [-0.4, -0.2) is 35.9 Å². The fourth-order valence-corrected chi connectivity index (χ4v) is 2.94. The minimum Gasteiger partial charge on any atom is -0.490 e. The number of nitrogens with zero attached hydrogens (tertiary/aromatic N) is 2. The molecule has 0 aliphatic rings. The third kappa shape index (κ3) is 5.10. The highest BCUT2D eigenvalue weighted by atomic mass is 79.9. The number of rotatable bonds is 9. The van der Waals surface area contributed by atoms with Gasteiger partial charge in [-0.1, -0.05) is 21.0 Å². The summed E-state index contributed by atoms with van der Waals surface area (Å²) < 4.78 is 23.5. The molecule has 1 amide bonds. The number of carbonyl (C=O) groups excluding carboxylic acids is 1. The maximum absolute atomic E-state index is 12.8. The van der Waals surface area contributed by atoms with Crippen molar-refractivity contribution in [3.63, 3.8) is 0 Å². The van der Waals surface area contributed by atoms with Crippen LogP contribution in [0, 0.1) is 0 Å². The van der Waals surface area contributed by atoms with Crippen LogP contribution in [-0.2, 0) is 0 Å². The van der Waals surface area contributed by atoms with E-state index in [1.807, 2.05) is 45.0 Å². The highest BCUT2D eigenvalue weighted by Gasteiger charge is 2.20. The first-order chi connectivity index (χ1) is 14.5. The molecule has 2 aromatic carbocycles. The highest BCUT2D eigenvalue weighted by Crippen LogP contribution is 2.39. The second kappa shape index (κ2) is 10.1. The predicted molar refractivity (Wildman–Crippen MR) is 115 cm³/mol. The van der Waals surface area contributed by atoms with Gasteiger partial charge in [-0.25, -0.2) is 0 Å². The van der Waals surface area contributed by atoms with Gasteiger partial charge in [0.2, 0.25) is 11.6 Å². The van der Waals surface area contributed by atoms with Crippen molar-refractivity contribution in [3.05, 3.63) is 46.4 Å². The van der Waals surface area contributed by atoms with E-state index in [1.54, 1.807) is 12.1 Å². The number of aromatic nitrogens is 2. The van der Waals surface area contributed by atoms with Crippen molar-refractivity contribution in [1.82, 2.24) is 10.2 Å². The van der Waals surface area contributed by atoms with Gasteiger partial charge in [-0.2, -0.15) is 0 Å². The minimum absolute atomic E-state index is 0.0114. The third-order valence-electron chi connectivity index (χ3n) is 3.91. The number of anilines is 1. The molecule has 8 nitrogen and oxygen atoms in total. The molecule has 0 spiro atoms. The molecule has 1 N–H and O–H groups in total. The molecule has 0 radical (unpaired) electrons. The minimum atomic E-state index is -0.439. The summed E-state index contributed by atoms with van der Waals surface area (Å²) in [6, 6.07) is 10.6. The highest BCUT2D eigenvalue weighted by molar-refractivity contribution is 9.10. The van der Waals surface area contributed by atoms with Crippen LogP contribution in [0.2, 0.25) is 0 Å². The lowest BCUT2D eigenvalue weighted by atomic mass is 10.1. The van der Waals surface area contributed by atoms with E-state index in [0.717, 1.165) is 10.0 Å². The molecule has 3 rings (SSSR count). The van der Waals surface area contributed by atoms with Crippen LogP contribution in [0.5, 0.6) is 17.2 Å². The first kappa shape index (κ1) is 21.6. The number of hydrogen-bond acceptors (Lipinski definition) is 7. The van der Waals surface area contributed by atoms with Crippen LogP contribution < -0.4 is 19.5 Å². The summed E-state index contributed by atoms with van der Waals surface area (Å²) in [6.07, 6.45) is 0. The average Bonchev–Trinajstić information content (AvgIpc) is 3.19. The number of carbonyl (C=O) groups is 1. The molecule has 0 aliphatic carbocycles. The molecule has 3 aromatic rings. The van der Waals surface area contributed by atoms with Crippen molar-refractivity contribution in [1.29, 1.82) is 0 Å².